The van der Waals surface area contributed by atoms with Gasteiger partial charge in [-0.05, 0) is 228 Å². The molecule has 0 saturated carbocycles. The van der Waals surface area contributed by atoms with Crippen molar-refractivity contribution in [3.05, 3.63) is 201 Å². The molecule has 4 N–H and O–H groups in total. The van der Waals surface area contributed by atoms with Gasteiger partial charge in [-0.3, -0.25) is 48.2 Å². The molecule has 0 radical (unpaired) electrons. The molecule has 4 aliphatic heterocycles. The van der Waals surface area contributed by atoms with Crippen molar-refractivity contribution in [2.45, 2.75) is 178 Å². The van der Waals surface area contributed by atoms with E-state index in [2.05, 4.69) is 40.9 Å². The van der Waals surface area contributed by atoms with Crippen molar-refractivity contribution in [2.24, 2.45) is 22.7 Å². The zero-order valence-electron chi connectivity index (χ0n) is 80.0. The zero-order valence-corrected chi connectivity index (χ0v) is 83.2. The van der Waals surface area contributed by atoms with Gasteiger partial charge in [0.25, 0.3) is 11.8 Å². The fourth-order valence-corrected chi connectivity index (χ4v) is 19.1. The first-order chi connectivity index (χ1) is 64.2. The van der Waals surface area contributed by atoms with Gasteiger partial charge in [0.1, 0.15) is 73.2 Å². The molecule has 718 valence electrons. The van der Waals surface area contributed by atoms with E-state index in [1.165, 1.54) is 9.80 Å². The molecule has 8 aromatic rings. The molecule has 0 aliphatic carbocycles. The summed E-state index contributed by atoms with van der Waals surface area (Å²) in [6, 6.07) is 38.0. The van der Waals surface area contributed by atoms with Gasteiger partial charge in [0.05, 0.1) is 117 Å². The van der Waals surface area contributed by atoms with Gasteiger partial charge in [0, 0.05) is 42.4 Å². The molecule has 0 bridgehead atoms. The standard InChI is InChI=1S/C51H63N7O8S2.C50H61N7O8S2/c1-32-27-42(46(60)54-34(3)36-11-13-37(14-12-36)44-35(4)53-31-68-44)56(29-32)47(61)45(50(5,6)7)55-43(59)30-65-24-23-63-21-22-64-25-26-66-40-18-15-38(16-19-40)58-49(67)57(48(62)51(58,8)9)39-17-20-41(52-10)33(2)28-39;1-32-26-41(45(59)52-28-35-10-12-36(13-11-35)43-34(3)53-31-67-43)55(29-32)46(60)44(49(4,5)6)54-42(58)30-64-23-22-62-20-21-63-24-25-65-39-17-14-37(15-18-39)57-48(66)56(47(61)50(57,7)8)38-16-19-40(51-9)33(2)27-38/h11-20,28,31-32,34,42,45H,21-27,29-30H2,1-9H3,(H,54,60)(H,55,59);10-19,27,31-32,41,44H,20-26,28-30H2,1-8H3,(H,52,59)(H,54,58)/t32-,34+,42+,45-;32-,41+,44-/m11/s1. The Morgan fingerprint density at radius 1 is 0.489 bits per heavy atom. The largest absolute Gasteiger partial charge is 0.491 e. The van der Waals surface area contributed by atoms with Crippen molar-refractivity contribution in [2.75, 3.05) is 125 Å². The summed E-state index contributed by atoms with van der Waals surface area (Å²) in [5, 5.41) is 12.6. The van der Waals surface area contributed by atoms with Crippen LogP contribution in [0.4, 0.5) is 34.1 Å². The fourth-order valence-electron chi connectivity index (χ4n) is 16.4. The molecular formula is C101H124N14O16S4. The van der Waals surface area contributed by atoms with Crippen LogP contribution in [0.25, 0.3) is 30.6 Å². The van der Waals surface area contributed by atoms with Crippen molar-refractivity contribution >= 4 is 139 Å². The summed E-state index contributed by atoms with van der Waals surface area (Å²) in [5.41, 5.74) is 11.9. The first-order valence-electron chi connectivity index (χ1n) is 45.3. The second-order valence-corrected chi connectivity index (χ2v) is 39.7. The first kappa shape index (κ1) is 104. The van der Waals surface area contributed by atoms with Crippen LogP contribution >= 0.6 is 47.1 Å². The van der Waals surface area contributed by atoms with Gasteiger partial charge in [0.2, 0.25) is 35.4 Å². The van der Waals surface area contributed by atoms with Crippen molar-refractivity contribution in [3.63, 3.8) is 0 Å². The SMILES string of the molecule is [C-]#[N+]c1ccc(N2C(=O)C(C)(C)N(c3ccc(OCCOCCOCCOCC(=O)N[C@H](C(=O)N4C[C@H](C)C[C@H]4C(=O)NCc4ccc(-c5scnc5C)cc4)C(C)(C)C)cc3)C2=S)cc1C.[C-]#[N+]c1ccc(N2C(=O)C(C)(C)N(c3ccc(OCCOCCOCCOCC(=O)N[C@H](C(=O)N4C[C@H](C)C[C@H]4C(=O)N[C@@H](C)c4ccc(-c5scnc5C)cc4)C(C)(C)C)cc3)C2=S)cc1C. The second-order valence-electron chi connectivity index (χ2n) is 37.3. The molecule has 4 fully saturated rings. The summed E-state index contributed by atoms with van der Waals surface area (Å²) in [5.74, 6) is -0.723. The number of benzene rings is 6. The van der Waals surface area contributed by atoms with Gasteiger partial charge >= 0.3 is 0 Å². The molecule has 2 aromatic heterocycles. The van der Waals surface area contributed by atoms with E-state index in [1.54, 1.807) is 68.9 Å². The number of aryl methyl sites for hydroxylation is 4. The predicted molar refractivity (Wildman–Crippen MR) is 531 cm³/mol. The number of hydrogen-bond donors (Lipinski definition) is 4. The van der Waals surface area contributed by atoms with E-state index in [9.17, 15) is 38.4 Å². The molecule has 30 nitrogen and oxygen atoms in total. The summed E-state index contributed by atoms with van der Waals surface area (Å²) >= 11 is 14.8. The number of thiazole rings is 2. The molecule has 8 amide bonds. The van der Waals surface area contributed by atoms with Crippen LogP contribution in [0.5, 0.6) is 11.5 Å². The normalized spacial score (nSPS) is 17.6. The van der Waals surface area contributed by atoms with Crippen molar-refractivity contribution in [1.82, 2.24) is 41.0 Å². The maximum Gasteiger partial charge on any atom is 0.259 e. The third-order valence-electron chi connectivity index (χ3n) is 23.8. The van der Waals surface area contributed by atoms with E-state index in [0.717, 1.165) is 65.9 Å². The minimum absolute atomic E-state index is 0.111. The minimum atomic E-state index is -0.933. The van der Waals surface area contributed by atoms with Crippen LogP contribution in [0, 0.1) is 63.5 Å². The third-order valence-corrected chi connectivity index (χ3v) is 26.5. The van der Waals surface area contributed by atoms with Crippen LogP contribution < -0.4 is 50.3 Å². The van der Waals surface area contributed by atoms with Gasteiger partial charge in [-0.15, -0.1) is 22.7 Å². The van der Waals surface area contributed by atoms with E-state index in [-0.39, 0.29) is 93.0 Å². The summed E-state index contributed by atoms with van der Waals surface area (Å²) in [6.07, 6.45) is 1.06. The Kier molecular flexibility index (Phi) is 36.0. The van der Waals surface area contributed by atoms with E-state index in [0.29, 0.717) is 130 Å². The van der Waals surface area contributed by atoms with E-state index >= 15 is 0 Å². The Morgan fingerprint density at radius 3 is 1.20 bits per heavy atom. The van der Waals surface area contributed by atoms with Gasteiger partial charge in [-0.25, -0.2) is 19.7 Å². The highest BCUT2D eigenvalue weighted by Crippen LogP contribution is 2.42. The van der Waals surface area contributed by atoms with Gasteiger partial charge < -0.3 is 78.8 Å². The van der Waals surface area contributed by atoms with Crippen LogP contribution in [0.3, 0.4) is 0 Å². The Hall–Kier alpha value is -11.5. The Labute approximate surface area is 810 Å². The number of thiocarbonyl (C=S) groups is 2. The van der Waals surface area contributed by atoms with Gasteiger partial charge in [-0.2, -0.15) is 0 Å². The van der Waals surface area contributed by atoms with Crippen molar-refractivity contribution in [3.8, 4) is 32.4 Å². The summed E-state index contributed by atoms with van der Waals surface area (Å²) in [4.78, 5) is 136. The fraction of sp³-hybridized carbons (Fsp3) is 0.465. The number of likely N-dealkylation sites (tertiary alicyclic amines) is 2. The van der Waals surface area contributed by atoms with Gasteiger partial charge in [-0.1, -0.05) is 116 Å². The molecule has 7 atom stereocenters. The average Bonchev–Trinajstić information content (AvgIpc) is 1.59. The smallest absolute Gasteiger partial charge is 0.259 e. The highest BCUT2D eigenvalue weighted by atomic mass is 32.1. The molecule has 34 heteroatoms. The third kappa shape index (κ3) is 26.4. The molecule has 0 spiro atoms. The van der Waals surface area contributed by atoms with Crippen LogP contribution in [-0.2, 0) is 73.3 Å². The molecule has 4 saturated heterocycles. The lowest BCUT2D eigenvalue weighted by molar-refractivity contribution is -0.144. The Balaban J connectivity index is 0.000000260. The molecule has 12 rings (SSSR count). The molecular weight excluding hydrogens is 1790 g/mol. The number of carbonyl (C=O) groups excluding carboxylic acids is 8. The lowest BCUT2D eigenvalue weighted by Gasteiger charge is -2.35. The number of aromatic nitrogens is 2. The molecule has 135 heavy (non-hydrogen) atoms. The average molecular weight is 1920 g/mol. The Bertz CT molecular complexity index is 5610. The number of amides is 8. The maximum atomic E-state index is 14.1. The van der Waals surface area contributed by atoms with Crippen LogP contribution in [-0.4, -0.2) is 218 Å². The topological polar surface area (TPSA) is 312 Å². The predicted octanol–water partition coefficient (Wildman–Crippen LogP) is 15.4. The summed E-state index contributed by atoms with van der Waals surface area (Å²) in [6.45, 7) is 51.0. The number of rotatable bonds is 40. The van der Waals surface area contributed by atoms with E-state index < -0.39 is 57.9 Å². The number of hydrogen-bond acceptors (Lipinski definition) is 22. The monoisotopic (exact) mass is 1920 g/mol. The quantitative estimate of drug-likeness (QED) is 0.0157. The van der Waals surface area contributed by atoms with Crippen molar-refractivity contribution in [1.29, 1.82) is 0 Å². The minimum Gasteiger partial charge on any atom is -0.491 e. The van der Waals surface area contributed by atoms with Crippen LogP contribution in [0.15, 0.2) is 144 Å². The Morgan fingerprint density at radius 2 is 0.844 bits per heavy atom. The highest BCUT2D eigenvalue weighted by Gasteiger charge is 2.53. The van der Waals surface area contributed by atoms with Crippen molar-refractivity contribution < 1.29 is 76.3 Å². The summed E-state index contributed by atoms with van der Waals surface area (Å²) < 4.78 is 45.4. The van der Waals surface area contributed by atoms with Crippen LogP contribution in [0.1, 0.15) is 143 Å². The van der Waals surface area contributed by atoms with Crippen LogP contribution in [0.2, 0.25) is 0 Å². The number of ether oxygens (including phenoxy) is 8. The maximum absolute atomic E-state index is 14.1. The highest BCUT2D eigenvalue weighted by molar-refractivity contribution is 7.81. The molecule has 0 unspecified atom stereocenters. The number of nitrogens with zero attached hydrogens (tertiary/aromatic N) is 10. The number of anilines is 4. The lowest BCUT2D eigenvalue weighted by Crippen LogP contribution is -2.58. The summed E-state index contributed by atoms with van der Waals surface area (Å²) in [7, 11) is 0. The molecule has 6 heterocycles. The molecule has 6 aromatic carbocycles. The number of nitrogens with one attached hydrogen (secondary N) is 4. The zero-order chi connectivity index (χ0) is 97.8. The van der Waals surface area contributed by atoms with E-state index in [1.807, 2.05) is 236 Å². The molecule has 4 aliphatic rings. The van der Waals surface area contributed by atoms with Gasteiger partial charge in [0.15, 0.2) is 21.6 Å². The lowest BCUT2D eigenvalue weighted by atomic mass is 9.85. The second kappa shape index (κ2) is 46.8. The first-order valence-corrected chi connectivity index (χ1v) is 47.8. The number of carbonyl (C=O) groups is 8. The van der Waals surface area contributed by atoms with E-state index in [4.69, 9.17) is 75.5 Å².